The van der Waals surface area contributed by atoms with Gasteiger partial charge in [-0.2, -0.15) is 0 Å². The van der Waals surface area contributed by atoms with Crippen LogP contribution in [0.25, 0.3) is 44.1 Å². The van der Waals surface area contributed by atoms with Gasteiger partial charge in [0.15, 0.2) is 16.6 Å². The van der Waals surface area contributed by atoms with Gasteiger partial charge in [-0.05, 0) is 33.7 Å². The Kier molecular flexibility index (Phi) is 6.50. The molecule has 2 amide bonds. The van der Waals surface area contributed by atoms with E-state index in [0.717, 1.165) is 32.7 Å². The van der Waals surface area contributed by atoms with Crippen molar-refractivity contribution in [2.45, 2.75) is 0 Å². The summed E-state index contributed by atoms with van der Waals surface area (Å²) in [6, 6.07) is 38.4. The lowest BCUT2D eigenvalue weighted by Gasteiger charge is -2.08. The number of fused-ring (bicyclic) bond motifs is 2. The highest BCUT2D eigenvalue weighted by molar-refractivity contribution is 7.20. The molecule has 7 nitrogen and oxygen atoms in total. The van der Waals surface area contributed by atoms with Crippen molar-refractivity contribution in [1.82, 2.24) is 10.1 Å². The maximum Gasteiger partial charge on any atom is 0.279 e. The maximum atomic E-state index is 13.4. The second-order valence-corrected chi connectivity index (χ2v) is 10.6. The summed E-state index contributed by atoms with van der Waals surface area (Å²) in [5.41, 5.74) is 2.86. The first-order valence-electron chi connectivity index (χ1n) is 13.2. The molecule has 0 atom stereocenters. The molecule has 0 spiro atoms. The van der Waals surface area contributed by atoms with Crippen LogP contribution in [0.1, 0.15) is 20.8 Å². The number of anilines is 2. The first kappa shape index (κ1) is 25.4. The van der Waals surface area contributed by atoms with Crippen LogP contribution in [0, 0.1) is 0 Å². The Morgan fingerprint density at radius 3 is 2.24 bits per heavy atom. The summed E-state index contributed by atoms with van der Waals surface area (Å²) in [6.07, 6.45) is 0. The van der Waals surface area contributed by atoms with E-state index in [9.17, 15) is 9.59 Å². The largest absolute Gasteiger partial charge is 0.355 e. The van der Waals surface area contributed by atoms with E-state index in [0.29, 0.717) is 27.2 Å². The molecule has 0 aliphatic carbocycles. The van der Waals surface area contributed by atoms with Crippen LogP contribution in [-0.4, -0.2) is 22.0 Å². The van der Waals surface area contributed by atoms with E-state index in [1.54, 1.807) is 12.1 Å². The van der Waals surface area contributed by atoms with Gasteiger partial charge in [-0.1, -0.05) is 120 Å². The summed E-state index contributed by atoms with van der Waals surface area (Å²) in [5, 5.41) is 14.7. The van der Waals surface area contributed by atoms with E-state index >= 15 is 0 Å². The van der Waals surface area contributed by atoms with E-state index in [1.165, 1.54) is 11.3 Å². The smallest absolute Gasteiger partial charge is 0.279 e. The van der Waals surface area contributed by atoms with Crippen molar-refractivity contribution >= 4 is 54.8 Å². The van der Waals surface area contributed by atoms with E-state index in [-0.39, 0.29) is 11.6 Å². The molecule has 2 N–H and O–H groups in total. The predicted molar refractivity (Wildman–Crippen MR) is 167 cm³/mol. The minimum atomic E-state index is -0.467. The van der Waals surface area contributed by atoms with E-state index in [1.807, 2.05) is 109 Å². The van der Waals surface area contributed by atoms with Gasteiger partial charge < -0.3 is 9.84 Å². The van der Waals surface area contributed by atoms with Crippen molar-refractivity contribution in [2.24, 2.45) is 0 Å². The van der Waals surface area contributed by atoms with Crippen molar-refractivity contribution in [1.29, 1.82) is 0 Å². The molecule has 0 unspecified atom stereocenters. The zero-order valence-electron chi connectivity index (χ0n) is 22.1. The van der Waals surface area contributed by atoms with Crippen LogP contribution in [0.2, 0.25) is 0 Å². The molecular formula is C34H22N4O3S. The Bertz CT molecular complexity index is 2090. The fourth-order valence-corrected chi connectivity index (χ4v) is 5.74. The second kappa shape index (κ2) is 10.8. The minimum absolute atomic E-state index is 0.121. The van der Waals surface area contributed by atoms with Gasteiger partial charge in [0.1, 0.15) is 10.7 Å². The number of nitrogens with zero attached hydrogens (tertiary/aromatic N) is 2. The van der Waals surface area contributed by atoms with Gasteiger partial charge in [-0.15, -0.1) is 0 Å². The molecule has 0 aliphatic heterocycles. The van der Waals surface area contributed by atoms with Crippen LogP contribution in [0.3, 0.4) is 0 Å². The lowest BCUT2D eigenvalue weighted by Crippen LogP contribution is -2.12. The normalized spacial score (nSPS) is 11.0. The van der Waals surface area contributed by atoms with Crippen LogP contribution in [0.15, 0.2) is 126 Å². The lowest BCUT2D eigenvalue weighted by atomic mass is 10.0. The van der Waals surface area contributed by atoms with Gasteiger partial charge in [0.2, 0.25) is 0 Å². The summed E-state index contributed by atoms with van der Waals surface area (Å²) in [5.74, 6) is -0.244. The van der Waals surface area contributed by atoms with Gasteiger partial charge in [-0.3, -0.25) is 14.9 Å². The van der Waals surface area contributed by atoms with Crippen molar-refractivity contribution in [3.63, 3.8) is 0 Å². The quantitative estimate of drug-likeness (QED) is 0.211. The average molecular weight is 567 g/mol. The van der Waals surface area contributed by atoms with Crippen LogP contribution >= 0.6 is 11.3 Å². The number of thiazole rings is 1. The van der Waals surface area contributed by atoms with Crippen molar-refractivity contribution < 1.29 is 14.1 Å². The summed E-state index contributed by atoms with van der Waals surface area (Å²) < 4.78 is 5.51. The zero-order valence-corrected chi connectivity index (χ0v) is 22.9. The molecular weight excluding hydrogens is 544 g/mol. The fraction of sp³-hybridized carbons (Fsp3) is 0. The van der Waals surface area contributed by atoms with Crippen LogP contribution in [0.5, 0.6) is 0 Å². The molecule has 0 saturated carbocycles. The zero-order chi connectivity index (χ0) is 28.5. The third-order valence-corrected chi connectivity index (χ3v) is 7.82. The molecule has 0 fully saturated rings. The highest BCUT2D eigenvalue weighted by Crippen LogP contribution is 2.37. The Morgan fingerprint density at radius 2 is 1.38 bits per heavy atom. The number of carbonyl (C=O) groups excluding carboxylic acids is 2. The van der Waals surface area contributed by atoms with Gasteiger partial charge in [-0.25, -0.2) is 4.98 Å². The van der Waals surface area contributed by atoms with E-state index in [4.69, 9.17) is 4.52 Å². The molecule has 42 heavy (non-hydrogen) atoms. The van der Waals surface area contributed by atoms with E-state index in [2.05, 4.69) is 20.8 Å². The van der Waals surface area contributed by atoms with Crippen molar-refractivity contribution in [2.75, 3.05) is 10.6 Å². The number of hydrogen-bond donors (Lipinski definition) is 2. The molecule has 2 aromatic heterocycles. The molecule has 0 bridgehead atoms. The average Bonchev–Trinajstić information content (AvgIpc) is 3.69. The number of nitrogens with one attached hydrogen (secondary N) is 2. The number of rotatable bonds is 6. The number of amides is 2. The first-order chi connectivity index (χ1) is 20.6. The highest BCUT2D eigenvalue weighted by Gasteiger charge is 2.21. The summed E-state index contributed by atoms with van der Waals surface area (Å²) in [4.78, 5) is 31.3. The van der Waals surface area contributed by atoms with Gasteiger partial charge in [0, 0.05) is 22.8 Å². The third-order valence-electron chi connectivity index (χ3n) is 6.93. The third kappa shape index (κ3) is 4.91. The predicted octanol–water partition coefficient (Wildman–Crippen LogP) is 8.28. The number of hydrogen-bond acceptors (Lipinski definition) is 6. The molecule has 2 heterocycles. The monoisotopic (exact) mass is 566 g/mol. The number of aromatic nitrogens is 2. The van der Waals surface area contributed by atoms with Crippen LogP contribution < -0.4 is 10.6 Å². The van der Waals surface area contributed by atoms with E-state index < -0.39 is 5.91 Å². The van der Waals surface area contributed by atoms with Gasteiger partial charge in [0.25, 0.3) is 11.8 Å². The van der Waals surface area contributed by atoms with Crippen molar-refractivity contribution in [3.8, 4) is 22.6 Å². The maximum absolute atomic E-state index is 13.4. The molecule has 5 aromatic carbocycles. The minimum Gasteiger partial charge on any atom is -0.355 e. The fourth-order valence-electron chi connectivity index (χ4n) is 4.87. The number of benzene rings is 5. The Morgan fingerprint density at radius 1 is 0.643 bits per heavy atom. The second-order valence-electron chi connectivity index (χ2n) is 9.64. The summed E-state index contributed by atoms with van der Waals surface area (Å²) in [7, 11) is 0. The molecule has 0 saturated heterocycles. The topological polar surface area (TPSA) is 97.1 Å². The highest BCUT2D eigenvalue weighted by atomic mass is 32.1. The Balaban J connectivity index is 1.16. The SMILES string of the molecule is O=C(Nc1nc(-c2ccccc2)c(NC(=O)c2cccc3ccccc23)s1)c1cc(-c2ccc3ccccc3c2)on1. The molecule has 8 heteroatoms. The molecule has 202 valence electrons. The molecule has 7 aromatic rings. The van der Waals surface area contributed by atoms with Crippen molar-refractivity contribution in [3.05, 3.63) is 133 Å². The standard InChI is InChI=1S/C34H22N4O3S/c39-31(27-16-8-14-22-10-6-7-15-26(22)27)36-33-30(23-11-2-1-3-12-23)35-34(42-33)37-32(40)28-20-29(41-38-28)25-18-17-21-9-4-5-13-24(21)19-25/h1-20H,(H,36,39)(H,35,37,40). The van der Waals surface area contributed by atoms with Crippen LogP contribution in [-0.2, 0) is 0 Å². The lowest BCUT2D eigenvalue weighted by molar-refractivity contribution is 0.101. The molecule has 7 rings (SSSR count). The Hall–Kier alpha value is -5.60. The van der Waals surface area contributed by atoms with Crippen LogP contribution in [0.4, 0.5) is 10.1 Å². The molecule has 0 radical (unpaired) electrons. The molecule has 0 aliphatic rings. The number of carbonyl (C=O) groups is 2. The first-order valence-corrected chi connectivity index (χ1v) is 14.1. The summed E-state index contributed by atoms with van der Waals surface area (Å²) >= 11 is 1.18. The summed E-state index contributed by atoms with van der Waals surface area (Å²) in [6.45, 7) is 0. The van der Waals surface area contributed by atoms with Gasteiger partial charge in [0.05, 0.1) is 0 Å². The van der Waals surface area contributed by atoms with Gasteiger partial charge >= 0.3 is 0 Å². The Labute approximate surface area is 244 Å².